The normalized spacial score (nSPS) is 10.3. The third-order valence-electron chi connectivity index (χ3n) is 2.62. The Morgan fingerprint density at radius 1 is 0.812 bits per heavy atom. The van der Waals surface area contributed by atoms with Crippen LogP contribution < -0.4 is 0 Å². The molecule has 82 valence electrons. The summed E-state index contributed by atoms with van der Waals surface area (Å²) in [5, 5.41) is 18.4. The largest absolute Gasteiger partial charge is 0.508 e. The molecule has 2 aromatic rings. The first-order chi connectivity index (χ1) is 7.79. The Morgan fingerprint density at radius 3 is 2.06 bits per heavy atom. The quantitative estimate of drug-likeness (QED) is 0.824. The number of benzene rings is 2. The first-order valence-electron chi connectivity index (χ1n) is 5.25. The molecule has 2 nitrogen and oxygen atoms in total. The monoisotopic (exact) mass is 214 g/mol. The van der Waals surface area contributed by atoms with Gasteiger partial charge >= 0.3 is 0 Å². The molecule has 0 aliphatic carbocycles. The van der Waals surface area contributed by atoms with Crippen molar-refractivity contribution in [3.05, 3.63) is 65.2 Å². The highest BCUT2D eigenvalue weighted by Crippen LogP contribution is 2.16. The number of hydrogen-bond acceptors (Lipinski definition) is 2. The summed E-state index contributed by atoms with van der Waals surface area (Å²) < 4.78 is 0. The summed E-state index contributed by atoms with van der Waals surface area (Å²) in [6.45, 7) is 0.0637. The van der Waals surface area contributed by atoms with Crippen molar-refractivity contribution in [2.75, 3.05) is 0 Å². The van der Waals surface area contributed by atoms with Crippen molar-refractivity contribution in [2.45, 2.75) is 13.0 Å². The second-order valence-corrected chi connectivity index (χ2v) is 3.77. The summed E-state index contributed by atoms with van der Waals surface area (Å²) in [6, 6.07) is 15.0. The molecule has 16 heavy (non-hydrogen) atoms. The SMILES string of the molecule is OCc1ccccc1Cc1ccc(O)cc1. The van der Waals surface area contributed by atoms with Gasteiger partial charge in [-0.2, -0.15) is 0 Å². The highest BCUT2D eigenvalue weighted by molar-refractivity contribution is 5.34. The first kappa shape index (κ1) is 10.7. The summed E-state index contributed by atoms with van der Waals surface area (Å²) in [5.41, 5.74) is 3.20. The Labute approximate surface area is 94.8 Å². The van der Waals surface area contributed by atoms with E-state index in [-0.39, 0.29) is 12.4 Å². The number of aliphatic hydroxyl groups excluding tert-OH is 1. The zero-order valence-electron chi connectivity index (χ0n) is 8.93. The van der Waals surface area contributed by atoms with E-state index < -0.39 is 0 Å². The van der Waals surface area contributed by atoms with E-state index in [1.165, 1.54) is 0 Å². The molecule has 2 aromatic carbocycles. The van der Waals surface area contributed by atoms with E-state index in [4.69, 9.17) is 0 Å². The van der Waals surface area contributed by atoms with E-state index in [1.807, 2.05) is 36.4 Å². The van der Waals surface area contributed by atoms with Gasteiger partial charge in [0.05, 0.1) is 6.61 Å². The fraction of sp³-hybridized carbons (Fsp3) is 0.143. The lowest BCUT2D eigenvalue weighted by Gasteiger charge is -2.07. The van der Waals surface area contributed by atoms with Gasteiger partial charge in [-0.15, -0.1) is 0 Å². The highest BCUT2D eigenvalue weighted by atomic mass is 16.3. The van der Waals surface area contributed by atoms with Crippen molar-refractivity contribution in [1.82, 2.24) is 0 Å². The van der Waals surface area contributed by atoms with E-state index in [9.17, 15) is 10.2 Å². The molecule has 2 heteroatoms. The van der Waals surface area contributed by atoms with Crippen molar-refractivity contribution < 1.29 is 10.2 Å². The maximum absolute atomic E-state index is 9.20. The lowest BCUT2D eigenvalue weighted by Crippen LogP contribution is -1.94. The van der Waals surface area contributed by atoms with Gasteiger partial charge in [0.1, 0.15) is 5.75 Å². The van der Waals surface area contributed by atoms with Gasteiger partial charge in [0.2, 0.25) is 0 Å². The van der Waals surface area contributed by atoms with Gasteiger partial charge < -0.3 is 10.2 Å². The van der Waals surface area contributed by atoms with Crippen molar-refractivity contribution in [3.63, 3.8) is 0 Å². The Kier molecular flexibility index (Phi) is 3.22. The van der Waals surface area contributed by atoms with Gasteiger partial charge in [-0.3, -0.25) is 0 Å². The van der Waals surface area contributed by atoms with E-state index >= 15 is 0 Å². The van der Waals surface area contributed by atoms with Crippen LogP contribution in [0.3, 0.4) is 0 Å². The molecule has 0 unspecified atom stereocenters. The molecule has 0 atom stereocenters. The third kappa shape index (κ3) is 2.41. The number of phenols is 1. The molecule has 2 rings (SSSR count). The van der Waals surface area contributed by atoms with Gasteiger partial charge in [-0.05, 0) is 35.2 Å². The summed E-state index contributed by atoms with van der Waals surface area (Å²) in [5.74, 6) is 0.277. The Bertz CT molecular complexity index is 460. The number of aliphatic hydroxyl groups is 1. The summed E-state index contributed by atoms with van der Waals surface area (Å²) in [6.07, 6.45) is 0.775. The lowest BCUT2D eigenvalue weighted by molar-refractivity contribution is 0.281. The minimum absolute atomic E-state index is 0.0637. The number of hydrogen-bond donors (Lipinski definition) is 2. The summed E-state index contributed by atoms with van der Waals surface area (Å²) >= 11 is 0. The lowest BCUT2D eigenvalue weighted by atomic mass is 10.0. The molecule has 0 fully saturated rings. The van der Waals surface area contributed by atoms with E-state index in [2.05, 4.69) is 0 Å². The molecule has 0 aromatic heterocycles. The van der Waals surface area contributed by atoms with Crippen molar-refractivity contribution in [3.8, 4) is 5.75 Å². The number of rotatable bonds is 3. The molecule has 0 radical (unpaired) electrons. The van der Waals surface area contributed by atoms with Gasteiger partial charge in [0, 0.05) is 0 Å². The first-order valence-corrected chi connectivity index (χ1v) is 5.25. The van der Waals surface area contributed by atoms with Crippen LogP contribution in [0.1, 0.15) is 16.7 Å². The van der Waals surface area contributed by atoms with Crippen molar-refractivity contribution >= 4 is 0 Å². The second kappa shape index (κ2) is 4.81. The predicted molar refractivity (Wildman–Crippen MR) is 63.3 cm³/mol. The zero-order chi connectivity index (χ0) is 11.4. The highest BCUT2D eigenvalue weighted by Gasteiger charge is 2.01. The zero-order valence-corrected chi connectivity index (χ0v) is 8.93. The predicted octanol–water partition coefficient (Wildman–Crippen LogP) is 2.48. The van der Waals surface area contributed by atoms with Crippen LogP contribution >= 0.6 is 0 Å². The van der Waals surface area contributed by atoms with Crippen LogP contribution in [0.5, 0.6) is 5.75 Å². The fourth-order valence-electron chi connectivity index (χ4n) is 1.72. The molecule has 0 amide bonds. The standard InChI is InChI=1S/C14H14O2/c15-10-13-4-2-1-3-12(13)9-11-5-7-14(16)8-6-11/h1-8,15-16H,9-10H2. The maximum atomic E-state index is 9.20. The van der Waals surface area contributed by atoms with Gasteiger partial charge in [0.25, 0.3) is 0 Å². The number of phenolic OH excluding ortho intramolecular Hbond substituents is 1. The van der Waals surface area contributed by atoms with Crippen molar-refractivity contribution in [2.24, 2.45) is 0 Å². The Balaban J connectivity index is 2.23. The van der Waals surface area contributed by atoms with Crippen LogP contribution in [0.4, 0.5) is 0 Å². The van der Waals surface area contributed by atoms with Crippen LogP contribution in [0.25, 0.3) is 0 Å². The Morgan fingerprint density at radius 2 is 1.44 bits per heavy atom. The molecule has 0 spiro atoms. The maximum Gasteiger partial charge on any atom is 0.115 e. The van der Waals surface area contributed by atoms with E-state index in [0.717, 1.165) is 23.1 Å². The number of aromatic hydroxyl groups is 1. The average Bonchev–Trinajstić information content (AvgIpc) is 2.33. The molecule has 0 heterocycles. The van der Waals surface area contributed by atoms with E-state index in [0.29, 0.717) is 0 Å². The third-order valence-corrected chi connectivity index (χ3v) is 2.62. The van der Waals surface area contributed by atoms with E-state index in [1.54, 1.807) is 12.1 Å². The van der Waals surface area contributed by atoms with Crippen LogP contribution in [0.2, 0.25) is 0 Å². The minimum Gasteiger partial charge on any atom is -0.508 e. The molecule has 2 N–H and O–H groups in total. The van der Waals surface area contributed by atoms with Crippen LogP contribution in [0.15, 0.2) is 48.5 Å². The molecule has 0 aliphatic rings. The van der Waals surface area contributed by atoms with Gasteiger partial charge in [-0.25, -0.2) is 0 Å². The van der Waals surface area contributed by atoms with Crippen LogP contribution in [-0.2, 0) is 13.0 Å². The molecule has 0 aliphatic heterocycles. The average molecular weight is 214 g/mol. The van der Waals surface area contributed by atoms with Gasteiger partial charge in [-0.1, -0.05) is 36.4 Å². The Hall–Kier alpha value is -1.80. The summed E-state index contributed by atoms with van der Waals surface area (Å²) in [4.78, 5) is 0. The molecular weight excluding hydrogens is 200 g/mol. The van der Waals surface area contributed by atoms with Crippen LogP contribution in [0, 0.1) is 0 Å². The smallest absolute Gasteiger partial charge is 0.115 e. The fourth-order valence-corrected chi connectivity index (χ4v) is 1.72. The van der Waals surface area contributed by atoms with Crippen molar-refractivity contribution in [1.29, 1.82) is 0 Å². The van der Waals surface area contributed by atoms with Crippen LogP contribution in [-0.4, -0.2) is 10.2 Å². The second-order valence-electron chi connectivity index (χ2n) is 3.77. The summed E-state index contributed by atoms with van der Waals surface area (Å²) in [7, 11) is 0. The topological polar surface area (TPSA) is 40.5 Å². The minimum atomic E-state index is 0.0637. The molecule has 0 bridgehead atoms. The van der Waals surface area contributed by atoms with Gasteiger partial charge in [0.15, 0.2) is 0 Å². The molecular formula is C14H14O2. The molecule has 0 saturated heterocycles. The molecule has 0 saturated carbocycles.